The van der Waals surface area contributed by atoms with Crippen LogP contribution in [0.25, 0.3) is 5.57 Å². The Morgan fingerprint density at radius 1 is 1.11 bits per heavy atom. The Labute approximate surface area is 219 Å². The van der Waals surface area contributed by atoms with E-state index < -0.39 is 17.9 Å². The first-order chi connectivity index (χ1) is 17.2. The number of nitrogens with one attached hydrogen (secondary N) is 2. The summed E-state index contributed by atoms with van der Waals surface area (Å²) >= 11 is 6.16. The molecule has 1 aliphatic rings. The molecule has 1 aliphatic carbocycles. The number of carbonyl (C=O) groups excluding carboxylic acids is 1. The summed E-state index contributed by atoms with van der Waals surface area (Å²) in [5, 5.41) is 16.2. The summed E-state index contributed by atoms with van der Waals surface area (Å²) < 4.78 is 0. The van der Waals surface area contributed by atoms with E-state index in [1.807, 2.05) is 31.2 Å². The number of carboxylic acid groups (broad SMARTS) is 1. The number of halogens is 1. The van der Waals surface area contributed by atoms with Crippen molar-refractivity contribution in [3.63, 3.8) is 0 Å². The van der Waals surface area contributed by atoms with Crippen LogP contribution in [0.1, 0.15) is 53.7 Å². The molecule has 190 valence electrons. The SMILES string of the molecule is Cc1ccc(Cl)c(C(=O)NC(Cc2ccc(C3=CC=CCC=C3CNCCC(C)C)cc2)C(=O)O)c1. The van der Waals surface area contributed by atoms with Crippen molar-refractivity contribution in [2.24, 2.45) is 5.92 Å². The molecule has 5 nitrogen and oxygen atoms in total. The molecule has 0 fully saturated rings. The Kier molecular flexibility index (Phi) is 10.1. The number of amides is 1. The fraction of sp³-hybridized carbons (Fsp3) is 0.333. The molecular formula is C30H35ClN2O3. The van der Waals surface area contributed by atoms with Gasteiger partial charge in [0, 0.05) is 13.0 Å². The van der Waals surface area contributed by atoms with E-state index in [4.69, 9.17) is 11.6 Å². The zero-order valence-corrected chi connectivity index (χ0v) is 21.9. The fourth-order valence-electron chi connectivity index (χ4n) is 4.04. The van der Waals surface area contributed by atoms with Crippen molar-refractivity contribution in [2.45, 2.75) is 46.1 Å². The number of carbonyl (C=O) groups is 2. The van der Waals surface area contributed by atoms with E-state index in [-0.39, 0.29) is 12.0 Å². The topological polar surface area (TPSA) is 78.4 Å². The van der Waals surface area contributed by atoms with E-state index in [9.17, 15) is 14.7 Å². The molecule has 3 rings (SSSR count). The average molecular weight is 507 g/mol. The average Bonchev–Trinajstić information content (AvgIpc) is 3.08. The molecule has 0 bridgehead atoms. The standard InChI is InChI=1S/C30H35ClN2O3/c1-20(2)15-16-32-19-24-7-5-4-6-8-25(24)23-12-10-22(11-13-23)18-28(30(35)36)33-29(34)26-17-21(3)9-14-27(26)31/h4,6-14,17,20,28,32H,5,15-16,18-19H2,1-3H3,(H,33,34)(H,35,36). The minimum Gasteiger partial charge on any atom is -0.480 e. The van der Waals surface area contributed by atoms with Crippen molar-refractivity contribution >= 4 is 29.1 Å². The molecule has 3 N–H and O–H groups in total. The van der Waals surface area contributed by atoms with Gasteiger partial charge in [0.05, 0.1) is 10.6 Å². The van der Waals surface area contributed by atoms with Gasteiger partial charge in [-0.25, -0.2) is 4.79 Å². The Hall–Kier alpha value is -3.15. The fourth-order valence-corrected chi connectivity index (χ4v) is 4.24. The number of rotatable bonds is 11. The number of allylic oxidation sites excluding steroid dienone is 4. The molecule has 0 radical (unpaired) electrons. The summed E-state index contributed by atoms with van der Waals surface area (Å²) in [6.07, 6.45) is 10.8. The van der Waals surface area contributed by atoms with Crippen molar-refractivity contribution in [1.82, 2.24) is 10.6 Å². The predicted octanol–water partition coefficient (Wildman–Crippen LogP) is 5.98. The lowest BCUT2D eigenvalue weighted by molar-refractivity contribution is -0.139. The second-order valence-electron chi connectivity index (χ2n) is 9.58. The molecule has 6 heteroatoms. The third kappa shape index (κ3) is 7.94. The first-order valence-electron chi connectivity index (χ1n) is 12.4. The van der Waals surface area contributed by atoms with Crippen LogP contribution in [0.15, 0.2) is 72.3 Å². The Morgan fingerprint density at radius 3 is 2.56 bits per heavy atom. The van der Waals surface area contributed by atoms with E-state index >= 15 is 0 Å². The summed E-state index contributed by atoms with van der Waals surface area (Å²) in [5.74, 6) is -0.925. The van der Waals surface area contributed by atoms with Gasteiger partial charge >= 0.3 is 5.97 Å². The number of carboxylic acids is 1. The van der Waals surface area contributed by atoms with Crippen LogP contribution in [0, 0.1) is 12.8 Å². The highest BCUT2D eigenvalue weighted by Crippen LogP contribution is 2.26. The summed E-state index contributed by atoms with van der Waals surface area (Å²) in [6, 6.07) is 11.9. The van der Waals surface area contributed by atoms with E-state index in [0.717, 1.165) is 48.2 Å². The van der Waals surface area contributed by atoms with Crippen LogP contribution in [0.2, 0.25) is 5.02 Å². The molecule has 0 heterocycles. The molecule has 36 heavy (non-hydrogen) atoms. The van der Waals surface area contributed by atoms with E-state index in [1.165, 1.54) is 5.57 Å². The quantitative estimate of drug-likeness (QED) is 0.327. The molecule has 0 aromatic heterocycles. The van der Waals surface area contributed by atoms with Crippen LogP contribution in [0.3, 0.4) is 0 Å². The van der Waals surface area contributed by atoms with Crippen LogP contribution in [0.5, 0.6) is 0 Å². The van der Waals surface area contributed by atoms with E-state index in [2.05, 4.69) is 48.8 Å². The first kappa shape index (κ1) is 27.4. The molecule has 0 saturated carbocycles. The first-order valence-corrected chi connectivity index (χ1v) is 12.8. The lowest BCUT2D eigenvalue weighted by atomic mass is 9.95. The monoisotopic (exact) mass is 506 g/mol. The van der Waals surface area contributed by atoms with Crippen LogP contribution in [-0.4, -0.2) is 36.1 Å². The summed E-state index contributed by atoms with van der Waals surface area (Å²) in [4.78, 5) is 24.6. The highest BCUT2D eigenvalue weighted by atomic mass is 35.5. The Morgan fingerprint density at radius 2 is 1.86 bits per heavy atom. The van der Waals surface area contributed by atoms with Gasteiger partial charge < -0.3 is 15.7 Å². The van der Waals surface area contributed by atoms with Crippen LogP contribution < -0.4 is 10.6 Å². The zero-order valence-electron chi connectivity index (χ0n) is 21.2. The van der Waals surface area contributed by atoms with Gasteiger partial charge in [0.2, 0.25) is 0 Å². The molecule has 2 aromatic carbocycles. The third-order valence-electron chi connectivity index (χ3n) is 6.13. The third-order valence-corrected chi connectivity index (χ3v) is 6.46. The second kappa shape index (κ2) is 13.2. The highest BCUT2D eigenvalue weighted by Gasteiger charge is 2.22. The van der Waals surface area contributed by atoms with Crippen molar-refractivity contribution in [1.29, 1.82) is 0 Å². The number of aryl methyl sites for hydroxylation is 1. The minimum absolute atomic E-state index is 0.170. The van der Waals surface area contributed by atoms with Crippen LogP contribution >= 0.6 is 11.6 Å². The van der Waals surface area contributed by atoms with Gasteiger partial charge in [-0.3, -0.25) is 4.79 Å². The molecule has 0 spiro atoms. The maximum absolute atomic E-state index is 12.7. The van der Waals surface area contributed by atoms with Gasteiger partial charge in [-0.1, -0.05) is 85.6 Å². The lowest BCUT2D eigenvalue weighted by Gasteiger charge is -2.17. The molecule has 1 amide bonds. The summed E-state index contributed by atoms with van der Waals surface area (Å²) in [5.41, 5.74) is 5.45. The minimum atomic E-state index is -1.09. The summed E-state index contributed by atoms with van der Waals surface area (Å²) in [7, 11) is 0. The lowest BCUT2D eigenvalue weighted by Crippen LogP contribution is -2.42. The van der Waals surface area contributed by atoms with Crippen molar-refractivity contribution in [3.05, 3.63) is 99.6 Å². The van der Waals surface area contributed by atoms with Crippen molar-refractivity contribution in [2.75, 3.05) is 13.1 Å². The number of benzene rings is 2. The summed E-state index contributed by atoms with van der Waals surface area (Å²) in [6.45, 7) is 8.08. The van der Waals surface area contributed by atoms with Crippen LogP contribution in [0.4, 0.5) is 0 Å². The smallest absolute Gasteiger partial charge is 0.326 e. The number of hydrogen-bond donors (Lipinski definition) is 3. The number of aliphatic carboxylic acids is 1. The Balaban J connectivity index is 1.69. The Bertz CT molecular complexity index is 1160. The zero-order chi connectivity index (χ0) is 26.1. The van der Waals surface area contributed by atoms with Gasteiger partial charge in [-0.05, 0) is 66.6 Å². The molecule has 1 atom stereocenters. The van der Waals surface area contributed by atoms with E-state index in [1.54, 1.807) is 18.2 Å². The maximum atomic E-state index is 12.7. The van der Waals surface area contributed by atoms with Crippen molar-refractivity contribution in [3.8, 4) is 0 Å². The maximum Gasteiger partial charge on any atom is 0.326 e. The van der Waals surface area contributed by atoms with Gasteiger partial charge in [0.25, 0.3) is 5.91 Å². The van der Waals surface area contributed by atoms with Gasteiger partial charge in [-0.2, -0.15) is 0 Å². The second-order valence-corrected chi connectivity index (χ2v) is 9.99. The van der Waals surface area contributed by atoms with Crippen LogP contribution in [-0.2, 0) is 11.2 Å². The van der Waals surface area contributed by atoms with Gasteiger partial charge in [0.1, 0.15) is 6.04 Å². The molecule has 0 saturated heterocycles. The normalized spacial score (nSPS) is 14.1. The molecule has 1 unspecified atom stereocenters. The van der Waals surface area contributed by atoms with E-state index in [0.29, 0.717) is 10.9 Å². The molecular weight excluding hydrogens is 472 g/mol. The van der Waals surface area contributed by atoms with Gasteiger partial charge in [0.15, 0.2) is 0 Å². The predicted molar refractivity (Wildman–Crippen MR) is 147 cm³/mol. The van der Waals surface area contributed by atoms with Crippen molar-refractivity contribution < 1.29 is 14.7 Å². The van der Waals surface area contributed by atoms with Gasteiger partial charge in [-0.15, -0.1) is 0 Å². The highest BCUT2D eigenvalue weighted by molar-refractivity contribution is 6.33. The number of hydrogen-bond acceptors (Lipinski definition) is 3. The largest absolute Gasteiger partial charge is 0.480 e. The molecule has 0 aliphatic heterocycles. The molecule has 2 aromatic rings.